The van der Waals surface area contributed by atoms with Crippen LogP contribution in [-0.2, 0) is 6.42 Å². The van der Waals surface area contributed by atoms with Gasteiger partial charge in [-0.25, -0.2) is 4.98 Å². The van der Waals surface area contributed by atoms with Crippen LogP contribution in [0.15, 0.2) is 55.0 Å². The lowest BCUT2D eigenvalue weighted by molar-refractivity contribution is 0.0858. The third-order valence-electron chi connectivity index (χ3n) is 4.15. The number of pyridine rings is 1. The summed E-state index contributed by atoms with van der Waals surface area (Å²) in [5, 5.41) is 13.1. The fourth-order valence-electron chi connectivity index (χ4n) is 3.02. The van der Waals surface area contributed by atoms with Crippen molar-refractivity contribution in [2.75, 3.05) is 0 Å². The molecule has 1 aliphatic rings. The molecule has 2 aromatic heterocycles. The van der Waals surface area contributed by atoms with Gasteiger partial charge in [0.05, 0.1) is 12.1 Å². The van der Waals surface area contributed by atoms with Crippen molar-refractivity contribution in [1.29, 1.82) is 0 Å². The Balaban J connectivity index is 1.61. The van der Waals surface area contributed by atoms with Crippen LogP contribution in [0, 0.1) is 0 Å². The number of nitrogens with zero attached hydrogens (tertiary/aromatic N) is 2. The van der Waals surface area contributed by atoms with Crippen LogP contribution < -0.4 is 5.32 Å². The molecule has 110 valence electrons. The van der Waals surface area contributed by atoms with Crippen LogP contribution in [0.25, 0.3) is 5.65 Å². The highest BCUT2D eigenvalue weighted by atomic mass is 16.3. The molecular formula is C17H15N3O2. The van der Waals surface area contributed by atoms with E-state index in [1.54, 1.807) is 24.5 Å². The Labute approximate surface area is 127 Å². The maximum absolute atomic E-state index is 12.5. The Morgan fingerprint density at radius 2 is 2.14 bits per heavy atom. The number of rotatable bonds is 2. The number of fused-ring (bicyclic) bond motifs is 2. The van der Waals surface area contributed by atoms with E-state index in [1.807, 2.05) is 34.9 Å². The van der Waals surface area contributed by atoms with Gasteiger partial charge in [-0.1, -0.05) is 24.3 Å². The predicted molar refractivity (Wildman–Crippen MR) is 81.6 cm³/mol. The van der Waals surface area contributed by atoms with Gasteiger partial charge in [-0.05, 0) is 23.3 Å². The van der Waals surface area contributed by atoms with E-state index in [9.17, 15) is 9.90 Å². The Morgan fingerprint density at radius 3 is 3.05 bits per heavy atom. The van der Waals surface area contributed by atoms with Gasteiger partial charge in [-0.15, -0.1) is 0 Å². The second-order valence-corrected chi connectivity index (χ2v) is 5.53. The molecule has 0 spiro atoms. The third kappa shape index (κ3) is 2.07. The minimum Gasteiger partial charge on any atom is -0.390 e. The molecule has 0 saturated carbocycles. The minimum atomic E-state index is -0.587. The quantitative estimate of drug-likeness (QED) is 0.756. The van der Waals surface area contributed by atoms with Crippen molar-refractivity contribution in [1.82, 2.24) is 14.7 Å². The number of aliphatic hydroxyl groups excluding tert-OH is 1. The van der Waals surface area contributed by atoms with Crippen molar-refractivity contribution < 1.29 is 9.90 Å². The van der Waals surface area contributed by atoms with Crippen LogP contribution in [0.3, 0.4) is 0 Å². The summed E-state index contributed by atoms with van der Waals surface area (Å²) >= 11 is 0. The van der Waals surface area contributed by atoms with Crippen LogP contribution in [0.2, 0.25) is 0 Å². The molecule has 0 fully saturated rings. The third-order valence-corrected chi connectivity index (χ3v) is 4.15. The van der Waals surface area contributed by atoms with Gasteiger partial charge in [0, 0.05) is 30.6 Å². The van der Waals surface area contributed by atoms with Crippen LogP contribution in [0.5, 0.6) is 0 Å². The number of hydrogen-bond acceptors (Lipinski definition) is 3. The molecule has 22 heavy (non-hydrogen) atoms. The first kappa shape index (κ1) is 13.0. The van der Waals surface area contributed by atoms with E-state index in [-0.39, 0.29) is 11.9 Å². The number of nitrogens with one attached hydrogen (secondary N) is 1. The van der Waals surface area contributed by atoms with Crippen molar-refractivity contribution in [2.45, 2.75) is 18.6 Å². The Bertz CT molecular complexity index is 856. The first-order valence-corrected chi connectivity index (χ1v) is 7.22. The zero-order valence-corrected chi connectivity index (χ0v) is 11.8. The van der Waals surface area contributed by atoms with Crippen molar-refractivity contribution in [3.8, 4) is 0 Å². The predicted octanol–water partition coefficient (Wildman–Crippen LogP) is 1.72. The highest BCUT2D eigenvalue weighted by Gasteiger charge is 2.32. The summed E-state index contributed by atoms with van der Waals surface area (Å²) in [6.45, 7) is 0. The molecule has 0 radical (unpaired) electrons. The molecule has 2 heterocycles. The van der Waals surface area contributed by atoms with Gasteiger partial charge in [-0.3, -0.25) is 4.79 Å². The van der Waals surface area contributed by atoms with Crippen LogP contribution in [0.1, 0.15) is 27.5 Å². The summed E-state index contributed by atoms with van der Waals surface area (Å²) in [5.74, 6) is -0.203. The molecule has 5 heteroatoms. The number of imidazole rings is 1. The molecule has 1 amide bonds. The molecule has 2 atom stereocenters. The zero-order chi connectivity index (χ0) is 15.1. The second kappa shape index (κ2) is 4.96. The summed E-state index contributed by atoms with van der Waals surface area (Å²) in [7, 11) is 0. The van der Waals surface area contributed by atoms with Gasteiger partial charge in [0.15, 0.2) is 0 Å². The van der Waals surface area contributed by atoms with Crippen molar-refractivity contribution >= 4 is 11.6 Å². The molecule has 0 aliphatic heterocycles. The molecule has 0 bridgehead atoms. The van der Waals surface area contributed by atoms with Crippen molar-refractivity contribution in [3.05, 3.63) is 71.7 Å². The van der Waals surface area contributed by atoms with Crippen molar-refractivity contribution in [3.63, 3.8) is 0 Å². The Morgan fingerprint density at radius 1 is 1.27 bits per heavy atom. The Hall–Kier alpha value is -2.66. The number of carbonyl (C=O) groups is 1. The Kier molecular flexibility index (Phi) is 2.94. The van der Waals surface area contributed by atoms with Crippen LogP contribution >= 0.6 is 0 Å². The van der Waals surface area contributed by atoms with E-state index in [1.165, 1.54) is 0 Å². The lowest BCUT2D eigenvalue weighted by Gasteiger charge is -2.18. The maximum atomic E-state index is 12.5. The summed E-state index contributed by atoms with van der Waals surface area (Å²) in [6, 6.07) is 10.9. The fraction of sp³-hybridized carbons (Fsp3) is 0.176. The lowest BCUT2D eigenvalue weighted by atomic mass is 10.1. The smallest absolute Gasteiger partial charge is 0.252 e. The standard InChI is InChI=1S/C17H15N3O2/c21-14-9-11-3-1-2-4-13(11)16(14)19-17(22)12-5-7-20-8-6-18-15(20)10-12/h1-8,10,14,16,21H,9H2,(H,19,22). The fourth-order valence-corrected chi connectivity index (χ4v) is 3.02. The number of amides is 1. The van der Waals surface area contributed by atoms with E-state index >= 15 is 0 Å². The van der Waals surface area contributed by atoms with Crippen LogP contribution in [-0.4, -0.2) is 26.5 Å². The highest BCUT2D eigenvalue weighted by molar-refractivity contribution is 5.95. The minimum absolute atomic E-state index is 0.203. The molecule has 0 saturated heterocycles. The summed E-state index contributed by atoms with van der Waals surface area (Å²) in [6.07, 6.45) is 5.30. The molecule has 2 N–H and O–H groups in total. The number of aromatic nitrogens is 2. The number of carbonyl (C=O) groups excluding carboxylic acids is 1. The first-order valence-electron chi connectivity index (χ1n) is 7.22. The summed E-state index contributed by atoms with van der Waals surface area (Å²) in [4.78, 5) is 16.6. The number of hydrogen-bond donors (Lipinski definition) is 2. The monoisotopic (exact) mass is 293 g/mol. The zero-order valence-electron chi connectivity index (χ0n) is 11.8. The average Bonchev–Trinajstić information content (AvgIpc) is 3.11. The summed E-state index contributed by atoms with van der Waals surface area (Å²) < 4.78 is 1.84. The molecule has 5 nitrogen and oxygen atoms in total. The van der Waals surface area contributed by atoms with Gasteiger partial charge in [0.2, 0.25) is 0 Å². The van der Waals surface area contributed by atoms with Gasteiger partial charge in [-0.2, -0.15) is 0 Å². The van der Waals surface area contributed by atoms with E-state index in [0.717, 1.165) is 16.8 Å². The second-order valence-electron chi connectivity index (χ2n) is 5.53. The number of benzene rings is 1. The van der Waals surface area contributed by atoms with Gasteiger partial charge in [0.1, 0.15) is 5.65 Å². The maximum Gasteiger partial charge on any atom is 0.252 e. The lowest BCUT2D eigenvalue weighted by Crippen LogP contribution is -2.33. The van der Waals surface area contributed by atoms with Gasteiger partial charge >= 0.3 is 0 Å². The molecule has 1 aromatic carbocycles. The SMILES string of the molecule is O=C(NC1c2ccccc2CC1O)c1ccn2ccnc2c1. The molecule has 4 rings (SSSR count). The normalized spacial score (nSPS) is 20.0. The molecular weight excluding hydrogens is 278 g/mol. The van der Waals surface area contributed by atoms with Gasteiger partial charge in [0.25, 0.3) is 5.91 Å². The number of aliphatic hydroxyl groups is 1. The van der Waals surface area contributed by atoms with Crippen LogP contribution in [0.4, 0.5) is 0 Å². The van der Waals surface area contributed by atoms with E-state index in [0.29, 0.717) is 12.0 Å². The average molecular weight is 293 g/mol. The topological polar surface area (TPSA) is 66.6 Å². The van der Waals surface area contributed by atoms with Crippen molar-refractivity contribution in [2.24, 2.45) is 0 Å². The van der Waals surface area contributed by atoms with E-state index < -0.39 is 6.10 Å². The molecule has 2 unspecified atom stereocenters. The first-order chi connectivity index (χ1) is 10.7. The largest absolute Gasteiger partial charge is 0.390 e. The summed E-state index contributed by atoms with van der Waals surface area (Å²) in [5.41, 5.74) is 3.34. The highest BCUT2D eigenvalue weighted by Crippen LogP contribution is 2.31. The molecule has 3 aromatic rings. The van der Waals surface area contributed by atoms with E-state index in [2.05, 4.69) is 10.3 Å². The molecule has 1 aliphatic carbocycles. The van der Waals surface area contributed by atoms with E-state index in [4.69, 9.17) is 0 Å². The van der Waals surface area contributed by atoms with Gasteiger partial charge < -0.3 is 14.8 Å².